The molecule has 0 saturated heterocycles. The zero-order chi connectivity index (χ0) is 34.1. The van der Waals surface area contributed by atoms with Crippen LogP contribution in [0.4, 0.5) is 8.78 Å². The van der Waals surface area contributed by atoms with Crippen LogP contribution in [0.15, 0.2) is 66.7 Å². The summed E-state index contributed by atoms with van der Waals surface area (Å²) in [6.45, 7) is 9.15. The van der Waals surface area contributed by atoms with Crippen molar-refractivity contribution in [1.82, 2.24) is 25.3 Å². The monoisotopic (exact) mass is 665 g/mol. The molecule has 2 amide bonds. The van der Waals surface area contributed by atoms with E-state index in [0.717, 1.165) is 35.7 Å². The number of benzene rings is 3. The van der Waals surface area contributed by atoms with Crippen LogP contribution < -0.4 is 10.6 Å². The lowest BCUT2D eigenvalue weighted by atomic mass is 9.99. The Bertz CT molecular complexity index is 1650. The molecular formula is C36H42ClF2N5O3. The van der Waals surface area contributed by atoms with Gasteiger partial charge in [0.25, 0.3) is 11.8 Å². The van der Waals surface area contributed by atoms with Crippen molar-refractivity contribution < 1.29 is 23.5 Å². The highest BCUT2D eigenvalue weighted by atomic mass is 35.5. The molecule has 0 radical (unpaired) electrons. The third-order valence-electron chi connectivity index (χ3n) is 7.80. The number of amides is 2. The molecule has 0 spiro atoms. The number of aliphatic hydroxyl groups excluding tert-OH is 1. The van der Waals surface area contributed by atoms with E-state index in [0.29, 0.717) is 29.5 Å². The van der Waals surface area contributed by atoms with E-state index in [4.69, 9.17) is 11.6 Å². The maximum Gasteiger partial charge on any atom is 0.253 e. The van der Waals surface area contributed by atoms with Crippen molar-refractivity contribution in [2.75, 3.05) is 19.6 Å². The Hall–Kier alpha value is -4.12. The lowest BCUT2D eigenvalue weighted by molar-refractivity contribution is 0.0755. The van der Waals surface area contributed by atoms with Gasteiger partial charge in [0.1, 0.15) is 16.8 Å². The van der Waals surface area contributed by atoms with Crippen molar-refractivity contribution in [3.8, 4) is 5.69 Å². The molecule has 47 heavy (non-hydrogen) atoms. The van der Waals surface area contributed by atoms with Gasteiger partial charge in [-0.25, -0.2) is 13.5 Å². The minimum Gasteiger partial charge on any atom is -0.390 e. The number of nitrogens with one attached hydrogen (secondary N) is 2. The first-order valence-electron chi connectivity index (χ1n) is 15.9. The van der Waals surface area contributed by atoms with E-state index >= 15 is 0 Å². The predicted octanol–water partition coefficient (Wildman–Crippen LogP) is 6.17. The Balaban J connectivity index is 1.53. The summed E-state index contributed by atoms with van der Waals surface area (Å²) in [6.07, 6.45) is 0.401. The quantitative estimate of drug-likeness (QED) is 0.141. The molecule has 0 saturated carbocycles. The SMILES string of the molecule is CCCN(CCC)C(=O)c1cc(C)cc(C(=O)N[C@@H](Cc2cc(F)cc(F)c2)[C@H](O)CNCc2c(C)nn(-c3ccccc3)c2Cl)c1. The van der Waals surface area contributed by atoms with Crippen LogP contribution in [0, 0.1) is 25.5 Å². The van der Waals surface area contributed by atoms with Gasteiger partial charge in [0.15, 0.2) is 0 Å². The Labute approximate surface area is 279 Å². The van der Waals surface area contributed by atoms with Crippen LogP contribution in [0.2, 0.25) is 5.15 Å². The molecule has 250 valence electrons. The van der Waals surface area contributed by atoms with Crippen molar-refractivity contribution in [2.45, 2.75) is 65.6 Å². The van der Waals surface area contributed by atoms with Crippen LogP contribution in [0.1, 0.15) is 69.8 Å². The summed E-state index contributed by atoms with van der Waals surface area (Å²) in [5.74, 6) is -2.20. The Morgan fingerprint density at radius 3 is 2.23 bits per heavy atom. The zero-order valence-electron chi connectivity index (χ0n) is 27.2. The molecule has 0 aliphatic carbocycles. The van der Waals surface area contributed by atoms with E-state index in [1.165, 1.54) is 12.1 Å². The molecule has 8 nitrogen and oxygen atoms in total. The normalized spacial score (nSPS) is 12.5. The van der Waals surface area contributed by atoms with Gasteiger partial charge < -0.3 is 20.6 Å². The minimum atomic E-state index is -1.16. The van der Waals surface area contributed by atoms with Crippen molar-refractivity contribution in [3.05, 3.63) is 117 Å². The van der Waals surface area contributed by atoms with Gasteiger partial charge in [-0.15, -0.1) is 0 Å². The van der Waals surface area contributed by atoms with Crippen LogP contribution in [-0.2, 0) is 13.0 Å². The summed E-state index contributed by atoms with van der Waals surface area (Å²) >= 11 is 6.66. The molecule has 3 aromatic carbocycles. The molecule has 4 rings (SSSR count). The van der Waals surface area contributed by atoms with Gasteiger partial charge in [-0.2, -0.15) is 5.10 Å². The summed E-state index contributed by atoms with van der Waals surface area (Å²) in [5.41, 5.74) is 3.89. The molecule has 0 fully saturated rings. The number of nitrogens with zero attached hydrogens (tertiary/aromatic N) is 3. The van der Waals surface area contributed by atoms with Gasteiger partial charge in [0.05, 0.1) is 23.5 Å². The fraction of sp³-hybridized carbons (Fsp3) is 0.361. The number of aliphatic hydroxyl groups is 1. The Morgan fingerprint density at radius 2 is 1.60 bits per heavy atom. The van der Waals surface area contributed by atoms with Crippen molar-refractivity contribution in [2.24, 2.45) is 0 Å². The van der Waals surface area contributed by atoms with E-state index in [9.17, 15) is 23.5 Å². The maximum absolute atomic E-state index is 14.1. The van der Waals surface area contributed by atoms with Crippen LogP contribution in [-0.4, -0.2) is 63.4 Å². The number of aromatic nitrogens is 2. The van der Waals surface area contributed by atoms with E-state index in [-0.39, 0.29) is 36.5 Å². The van der Waals surface area contributed by atoms with Crippen molar-refractivity contribution in [3.63, 3.8) is 0 Å². The second-order valence-corrected chi connectivity index (χ2v) is 12.1. The summed E-state index contributed by atoms with van der Waals surface area (Å²) in [5, 5.41) is 22.3. The Kier molecular flexibility index (Phi) is 12.6. The standard InChI is InChI=1S/C36H42ClF2N5O3/c1-5-12-43(13-6-2)36(47)27-15-23(3)14-26(19-27)35(46)41-32(18-25-16-28(38)20-29(39)17-25)33(45)22-40-21-31-24(4)42-44(34(31)37)30-10-8-7-9-11-30/h7-11,14-17,19-20,32-33,40,45H,5-6,12-13,18,21-22H2,1-4H3,(H,41,46)/t32-,33+/m0/s1. The average molecular weight is 666 g/mol. The molecule has 0 aliphatic heterocycles. The topological polar surface area (TPSA) is 99.5 Å². The number of para-hydroxylation sites is 1. The first kappa shape index (κ1) is 35.7. The second-order valence-electron chi connectivity index (χ2n) is 11.7. The number of aryl methyl sites for hydroxylation is 2. The van der Waals surface area contributed by atoms with Gasteiger partial charge in [0.2, 0.25) is 0 Å². The fourth-order valence-corrected chi connectivity index (χ4v) is 5.89. The van der Waals surface area contributed by atoms with Crippen LogP contribution in [0.3, 0.4) is 0 Å². The zero-order valence-corrected chi connectivity index (χ0v) is 28.0. The Morgan fingerprint density at radius 1 is 0.957 bits per heavy atom. The van der Waals surface area contributed by atoms with Gasteiger partial charge in [0, 0.05) is 48.9 Å². The first-order valence-corrected chi connectivity index (χ1v) is 16.2. The largest absolute Gasteiger partial charge is 0.390 e. The van der Waals surface area contributed by atoms with Crippen LogP contribution in [0.25, 0.3) is 5.69 Å². The van der Waals surface area contributed by atoms with E-state index in [2.05, 4.69) is 15.7 Å². The highest BCUT2D eigenvalue weighted by Crippen LogP contribution is 2.23. The van der Waals surface area contributed by atoms with E-state index in [1.807, 2.05) is 51.1 Å². The molecule has 11 heteroatoms. The van der Waals surface area contributed by atoms with Gasteiger partial charge in [-0.3, -0.25) is 9.59 Å². The maximum atomic E-state index is 14.1. The first-order chi connectivity index (χ1) is 22.5. The molecule has 3 N–H and O–H groups in total. The van der Waals surface area contributed by atoms with E-state index < -0.39 is 29.7 Å². The molecule has 2 atom stereocenters. The van der Waals surface area contributed by atoms with Gasteiger partial charge in [-0.1, -0.05) is 43.6 Å². The highest BCUT2D eigenvalue weighted by molar-refractivity contribution is 6.30. The lowest BCUT2D eigenvalue weighted by Crippen LogP contribution is -2.48. The predicted molar refractivity (Wildman–Crippen MR) is 180 cm³/mol. The van der Waals surface area contributed by atoms with Gasteiger partial charge >= 0.3 is 0 Å². The summed E-state index contributed by atoms with van der Waals surface area (Å²) < 4.78 is 29.8. The number of rotatable bonds is 15. The second kappa shape index (κ2) is 16.6. The molecule has 0 aliphatic rings. The third-order valence-corrected chi connectivity index (χ3v) is 8.19. The number of carbonyl (C=O) groups is 2. The molecule has 4 aromatic rings. The van der Waals surface area contributed by atoms with Crippen LogP contribution >= 0.6 is 11.6 Å². The summed E-state index contributed by atoms with van der Waals surface area (Å²) in [4.78, 5) is 28.7. The minimum absolute atomic E-state index is 0.0234. The molecule has 0 unspecified atom stereocenters. The molecule has 1 heterocycles. The number of carbonyl (C=O) groups excluding carboxylic acids is 2. The van der Waals surface area contributed by atoms with Crippen LogP contribution in [0.5, 0.6) is 0 Å². The highest BCUT2D eigenvalue weighted by Gasteiger charge is 2.25. The van der Waals surface area contributed by atoms with E-state index in [1.54, 1.807) is 34.7 Å². The number of halogens is 3. The molecular weight excluding hydrogens is 624 g/mol. The summed E-state index contributed by atoms with van der Waals surface area (Å²) in [6, 6.07) is 16.6. The third kappa shape index (κ3) is 9.47. The van der Waals surface area contributed by atoms with Crippen molar-refractivity contribution >= 4 is 23.4 Å². The smallest absolute Gasteiger partial charge is 0.253 e. The average Bonchev–Trinajstić information content (AvgIpc) is 3.32. The lowest BCUT2D eigenvalue weighted by Gasteiger charge is -2.25. The van der Waals surface area contributed by atoms with Gasteiger partial charge in [-0.05, 0) is 86.7 Å². The number of hydrogen-bond donors (Lipinski definition) is 3. The summed E-state index contributed by atoms with van der Waals surface area (Å²) in [7, 11) is 0. The number of hydrogen-bond acceptors (Lipinski definition) is 5. The van der Waals surface area contributed by atoms with Crippen molar-refractivity contribution in [1.29, 1.82) is 0 Å². The molecule has 0 bridgehead atoms. The molecule has 1 aromatic heterocycles. The fourth-order valence-electron chi connectivity index (χ4n) is 5.55.